The normalized spacial score (nSPS) is 15.0. The van der Waals surface area contributed by atoms with Crippen molar-refractivity contribution in [1.29, 1.82) is 0 Å². The van der Waals surface area contributed by atoms with Crippen molar-refractivity contribution in [2.45, 2.75) is 38.3 Å². The van der Waals surface area contributed by atoms with Gasteiger partial charge in [0.05, 0.1) is 23.0 Å². The third kappa shape index (κ3) is 4.92. The lowest BCUT2D eigenvalue weighted by molar-refractivity contribution is -0.137. The molecule has 32 heavy (non-hydrogen) atoms. The number of halogens is 3. The standard InChI is InChI=1S/C23H23F3N4O2/c24-23(25,26)18-13-28-30(15-18)20-9-7-19(8-10-20)29(14-16-4-2-1-3-5-16)21-11-6-17(12-27-21)22(31)32/h6-13,15-16H,1-5,14H2,(H,31,32). The van der Waals surface area contributed by atoms with Crippen molar-refractivity contribution in [3.63, 3.8) is 0 Å². The van der Waals surface area contributed by atoms with Gasteiger partial charge in [-0.15, -0.1) is 0 Å². The van der Waals surface area contributed by atoms with E-state index in [1.165, 1.54) is 36.2 Å². The van der Waals surface area contributed by atoms with Gasteiger partial charge in [-0.1, -0.05) is 19.3 Å². The minimum Gasteiger partial charge on any atom is -0.478 e. The summed E-state index contributed by atoms with van der Waals surface area (Å²) in [6.07, 6.45) is 4.50. The number of anilines is 2. The van der Waals surface area contributed by atoms with E-state index < -0.39 is 17.7 Å². The number of hydrogen-bond donors (Lipinski definition) is 1. The minimum absolute atomic E-state index is 0.112. The maximum Gasteiger partial charge on any atom is 0.419 e. The van der Waals surface area contributed by atoms with Crippen LogP contribution in [-0.2, 0) is 6.18 Å². The van der Waals surface area contributed by atoms with Gasteiger partial charge < -0.3 is 10.0 Å². The Balaban J connectivity index is 1.61. The van der Waals surface area contributed by atoms with Crippen LogP contribution < -0.4 is 4.90 Å². The van der Waals surface area contributed by atoms with E-state index in [1.54, 1.807) is 18.2 Å². The molecular formula is C23H23F3N4O2. The van der Waals surface area contributed by atoms with Crippen LogP contribution in [-0.4, -0.2) is 32.4 Å². The van der Waals surface area contributed by atoms with Gasteiger partial charge in [-0.25, -0.2) is 14.5 Å². The predicted molar refractivity (Wildman–Crippen MR) is 113 cm³/mol. The third-order valence-corrected chi connectivity index (χ3v) is 5.77. The molecule has 0 saturated heterocycles. The van der Waals surface area contributed by atoms with E-state index in [4.69, 9.17) is 5.11 Å². The molecule has 3 aromatic rings. The SMILES string of the molecule is O=C(O)c1ccc(N(CC2CCCCC2)c2ccc(-n3cc(C(F)(F)F)cn3)cc2)nc1. The van der Waals surface area contributed by atoms with Crippen molar-refractivity contribution in [2.24, 2.45) is 5.92 Å². The average Bonchev–Trinajstić information content (AvgIpc) is 3.30. The van der Waals surface area contributed by atoms with Crippen LogP contribution in [0.5, 0.6) is 0 Å². The summed E-state index contributed by atoms with van der Waals surface area (Å²) in [6, 6.07) is 10.3. The molecule has 0 unspecified atom stereocenters. The highest BCUT2D eigenvalue weighted by molar-refractivity contribution is 5.87. The molecule has 1 aliphatic carbocycles. The van der Waals surface area contributed by atoms with Crippen molar-refractivity contribution < 1.29 is 23.1 Å². The largest absolute Gasteiger partial charge is 0.478 e. The molecule has 1 fully saturated rings. The lowest BCUT2D eigenvalue weighted by Crippen LogP contribution is -2.27. The first-order valence-electron chi connectivity index (χ1n) is 10.5. The quantitative estimate of drug-likeness (QED) is 0.528. The van der Waals surface area contributed by atoms with Crippen LogP contribution in [0.15, 0.2) is 55.0 Å². The fourth-order valence-electron chi connectivity index (χ4n) is 4.03. The van der Waals surface area contributed by atoms with E-state index in [0.717, 1.165) is 37.5 Å². The Morgan fingerprint density at radius 2 is 1.78 bits per heavy atom. The molecule has 1 N–H and O–H groups in total. The number of carboxylic acid groups (broad SMARTS) is 1. The summed E-state index contributed by atoms with van der Waals surface area (Å²) in [6.45, 7) is 0.735. The summed E-state index contributed by atoms with van der Waals surface area (Å²) in [5.41, 5.74) is 0.651. The number of carboxylic acids is 1. The summed E-state index contributed by atoms with van der Waals surface area (Å²) in [5, 5.41) is 13.0. The Kier molecular flexibility index (Phi) is 6.16. The monoisotopic (exact) mass is 444 g/mol. The van der Waals surface area contributed by atoms with Crippen LogP contribution in [0.25, 0.3) is 5.69 Å². The summed E-state index contributed by atoms with van der Waals surface area (Å²) in [5.74, 6) is 0.0845. The van der Waals surface area contributed by atoms with E-state index in [9.17, 15) is 18.0 Å². The Morgan fingerprint density at radius 3 is 2.34 bits per heavy atom. The molecule has 0 radical (unpaired) electrons. The number of aromatic carboxylic acids is 1. The Labute approximate surface area is 183 Å². The molecule has 9 heteroatoms. The van der Waals surface area contributed by atoms with Gasteiger partial charge in [0.15, 0.2) is 0 Å². The van der Waals surface area contributed by atoms with Crippen LogP contribution in [0.3, 0.4) is 0 Å². The van der Waals surface area contributed by atoms with Gasteiger partial charge in [0.2, 0.25) is 0 Å². The molecule has 1 aromatic carbocycles. The zero-order valence-corrected chi connectivity index (χ0v) is 17.3. The van der Waals surface area contributed by atoms with Crippen LogP contribution in [0.4, 0.5) is 24.7 Å². The van der Waals surface area contributed by atoms with Gasteiger partial charge in [-0.3, -0.25) is 0 Å². The topological polar surface area (TPSA) is 71.2 Å². The van der Waals surface area contributed by atoms with Crippen LogP contribution >= 0.6 is 0 Å². The van der Waals surface area contributed by atoms with Gasteiger partial charge in [0, 0.05) is 24.6 Å². The molecule has 1 aliphatic rings. The number of rotatable bonds is 6. The number of hydrogen-bond acceptors (Lipinski definition) is 4. The zero-order valence-electron chi connectivity index (χ0n) is 17.3. The Bertz CT molecular complexity index is 1060. The predicted octanol–water partition coefficient (Wildman–Crippen LogP) is 5.70. The maximum atomic E-state index is 12.9. The molecule has 0 aliphatic heterocycles. The first-order chi connectivity index (χ1) is 15.3. The van der Waals surface area contributed by atoms with Crippen molar-refractivity contribution in [1.82, 2.24) is 14.8 Å². The van der Waals surface area contributed by atoms with Crippen molar-refractivity contribution in [2.75, 3.05) is 11.4 Å². The fourth-order valence-corrected chi connectivity index (χ4v) is 4.03. The highest BCUT2D eigenvalue weighted by Crippen LogP contribution is 2.32. The number of nitrogens with zero attached hydrogens (tertiary/aromatic N) is 4. The minimum atomic E-state index is -4.44. The molecule has 0 bridgehead atoms. The second-order valence-electron chi connectivity index (χ2n) is 8.01. The van der Waals surface area contributed by atoms with E-state index in [-0.39, 0.29) is 5.56 Å². The molecule has 4 rings (SSSR count). The van der Waals surface area contributed by atoms with Gasteiger partial charge in [0.1, 0.15) is 5.82 Å². The number of aromatic nitrogens is 3. The molecule has 2 heterocycles. The Morgan fingerprint density at radius 1 is 1.06 bits per heavy atom. The first kappa shape index (κ1) is 21.9. The molecule has 2 aromatic heterocycles. The number of pyridine rings is 1. The van der Waals surface area contributed by atoms with E-state index in [0.29, 0.717) is 17.4 Å². The van der Waals surface area contributed by atoms with Crippen molar-refractivity contribution in [3.05, 3.63) is 66.1 Å². The van der Waals surface area contributed by atoms with Gasteiger partial charge in [0.25, 0.3) is 0 Å². The van der Waals surface area contributed by atoms with Gasteiger partial charge in [-0.2, -0.15) is 18.3 Å². The van der Waals surface area contributed by atoms with E-state index in [2.05, 4.69) is 10.1 Å². The molecule has 0 atom stereocenters. The lowest BCUT2D eigenvalue weighted by Gasteiger charge is -2.31. The highest BCUT2D eigenvalue weighted by atomic mass is 19.4. The Hall–Kier alpha value is -3.36. The molecule has 1 saturated carbocycles. The lowest BCUT2D eigenvalue weighted by atomic mass is 9.89. The highest BCUT2D eigenvalue weighted by Gasteiger charge is 2.32. The van der Waals surface area contributed by atoms with E-state index >= 15 is 0 Å². The summed E-state index contributed by atoms with van der Waals surface area (Å²) < 4.78 is 39.8. The van der Waals surface area contributed by atoms with Crippen molar-refractivity contribution in [3.8, 4) is 5.69 Å². The smallest absolute Gasteiger partial charge is 0.419 e. The van der Waals surface area contributed by atoms with Crippen LogP contribution in [0.2, 0.25) is 0 Å². The average molecular weight is 444 g/mol. The van der Waals surface area contributed by atoms with Crippen LogP contribution in [0.1, 0.15) is 48.0 Å². The molecular weight excluding hydrogens is 421 g/mol. The number of carbonyl (C=O) groups is 1. The molecule has 6 nitrogen and oxygen atoms in total. The number of benzene rings is 1. The fraction of sp³-hybridized carbons (Fsp3) is 0.348. The second-order valence-corrected chi connectivity index (χ2v) is 8.01. The van der Waals surface area contributed by atoms with Crippen LogP contribution in [0, 0.1) is 5.92 Å². The summed E-state index contributed by atoms with van der Waals surface area (Å²) in [4.78, 5) is 17.6. The van der Waals surface area contributed by atoms with E-state index in [1.807, 2.05) is 17.0 Å². The molecule has 168 valence electrons. The molecule has 0 amide bonds. The second kappa shape index (κ2) is 9.02. The first-order valence-corrected chi connectivity index (χ1v) is 10.5. The zero-order chi connectivity index (χ0) is 22.7. The summed E-state index contributed by atoms with van der Waals surface area (Å²) >= 11 is 0. The maximum absolute atomic E-state index is 12.9. The van der Waals surface area contributed by atoms with Gasteiger partial charge in [-0.05, 0) is 55.2 Å². The van der Waals surface area contributed by atoms with Crippen molar-refractivity contribution >= 4 is 17.5 Å². The number of alkyl halides is 3. The summed E-state index contributed by atoms with van der Waals surface area (Å²) in [7, 11) is 0. The van der Waals surface area contributed by atoms with Gasteiger partial charge >= 0.3 is 12.1 Å². The third-order valence-electron chi connectivity index (χ3n) is 5.77. The molecule has 0 spiro atoms.